The molecule has 1 heterocycles. The lowest BCUT2D eigenvalue weighted by atomic mass is 10.2. The SMILES string of the molecule is CN(C)CC(=O)NCCOc1cc2ncnc(Nc3cccc(Cl)c3F)c2cc1[N+](=O)[O-]. The average molecular weight is 463 g/mol. The fourth-order valence-electron chi connectivity index (χ4n) is 2.85. The molecule has 0 spiro atoms. The van der Waals surface area contributed by atoms with Gasteiger partial charge in [0, 0.05) is 12.1 Å². The maximum Gasteiger partial charge on any atom is 0.311 e. The van der Waals surface area contributed by atoms with E-state index in [4.69, 9.17) is 16.3 Å². The maximum atomic E-state index is 14.3. The first kappa shape index (κ1) is 23.1. The number of rotatable bonds is 9. The van der Waals surface area contributed by atoms with Crippen LogP contribution in [0.3, 0.4) is 0 Å². The van der Waals surface area contributed by atoms with E-state index in [1.54, 1.807) is 25.1 Å². The fourth-order valence-corrected chi connectivity index (χ4v) is 3.03. The van der Waals surface area contributed by atoms with Crippen LogP contribution in [0.25, 0.3) is 10.9 Å². The number of hydrogen-bond donors (Lipinski definition) is 2. The van der Waals surface area contributed by atoms with Crippen molar-refractivity contribution in [2.45, 2.75) is 0 Å². The van der Waals surface area contributed by atoms with Crippen molar-refractivity contribution in [1.82, 2.24) is 20.2 Å². The zero-order valence-corrected chi connectivity index (χ0v) is 18.0. The molecule has 3 aromatic rings. The van der Waals surface area contributed by atoms with Crippen LogP contribution in [0.2, 0.25) is 5.02 Å². The Kier molecular flexibility index (Phi) is 7.33. The number of carbonyl (C=O) groups is 1. The highest BCUT2D eigenvalue weighted by Crippen LogP contribution is 2.35. The molecular formula is C20H20ClFN6O4. The molecule has 0 atom stereocenters. The minimum Gasteiger partial charge on any atom is -0.485 e. The van der Waals surface area contributed by atoms with Crippen LogP contribution < -0.4 is 15.4 Å². The highest BCUT2D eigenvalue weighted by atomic mass is 35.5. The van der Waals surface area contributed by atoms with Gasteiger partial charge in [0.05, 0.1) is 39.6 Å². The lowest BCUT2D eigenvalue weighted by molar-refractivity contribution is -0.385. The van der Waals surface area contributed by atoms with Crippen LogP contribution >= 0.6 is 11.6 Å². The molecule has 10 nitrogen and oxygen atoms in total. The molecule has 2 N–H and O–H groups in total. The molecule has 0 unspecified atom stereocenters. The average Bonchev–Trinajstić information content (AvgIpc) is 2.73. The van der Waals surface area contributed by atoms with E-state index in [0.29, 0.717) is 10.9 Å². The van der Waals surface area contributed by atoms with Crippen molar-refractivity contribution in [3.05, 3.63) is 57.6 Å². The molecule has 0 fully saturated rings. The van der Waals surface area contributed by atoms with E-state index in [0.717, 1.165) is 0 Å². The summed E-state index contributed by atoms with van der Waals surface area (Å²) < 4.78 is 19.8. The zero-order chi connectivity index (χ0) is 23.3. The number of nitrogens with one attached hydrogen (secondary N) is 2. The van der Waals surface area contributed by atoms with Crippen LogP contribution in [0.15, 0.2) is 36.7 Å². The van der Waals surface area contributed by atoms with Crippen molar-refractivity contribution in [2.75, 3.05) is 39.1 Å². The smallest absolute Gasteiger partial charge is 0.311 e. The van der Waals surface area contributed by atoms with Gasteiger partial charge in [-0.2, -0.15) is 0 Å². The number of nitro benzene ring substituents is 1. The lowest BCUT2D eigenvalue weighted by Crippen LogP contribution is -2.35. The minimum absolute atomic E-state index is 0.0112. The number of nitro groups is 1. The molecule has 12 heteroatoms. The van der Waals surface area contributed by atoms with Gasteiger partial charge in [-0.3, -0.25) is 14.9 Å². The lowest BCUT2D eigenvalue weighted by Gasteiger charge is -2.12. The van der Waals surface area contributed by atoms with Crippen molar-refractivity contribution in [3.63, 3.8) is 0 Å². The Balaban J connectivity index is 1.84. The molecule has 0 aliphatic rings. The predicted octanol–water partition coefficient (Wildman–Crippen LogP) is 3.13. The number of carbonyl (C=O) groups excluding carboxylic acids is 1. The third kappa shape index (κ3) is 5.56. The molecule has 1 amide bonds. The van der Waals surface area contributed by atoms with E-state index in [2.05, 4.69) is 20.6 Å². The number of nitrogens with zero attached hydrogens (tertiary/aromatic N) is 4. The summed E-state index contributed by atoms with van der Waals surface area (Å²) in [5.74, 6) is -0.709. The molecule has 0 saturated heterocycles. The highest BCUT2D eigenvalue weighted by molar-refractivity contribution is 6.31. The Hall–Kier alpha value is -3.57. The monoisotopic (exact) mass is 462 g/mol. The van der Waals surface area contributed by atoms with E-state index in [-0.39, 0.29) is 53.6 Å². The Labute approximate surface area is 187 Å². The molecule has 32 heavy (non-hydrogen) atoms. The van der Waals surface area contributed by atoms with Gasteiger partial charge in [0.15, 0.2) is 11.6 Å². The topological polar surface area (TPSA) is 123 Å². The number of amides is 1. The number of ether oxygens (including phenoxy) is 1. The number of benzene rings is 2. The van der Waals surface area contributed by atoms with Crippen LogP contribution in [-0.2, 0) is 4.79 Å². The molecule has 1 aromatic heterocycles. The molecule has 3 rings (SSSR count). The molecule has 0 bridgehead atoms. The first-order valence-corrected chi connectivity index (χ1v) is 9.82. The van der Waals surface area contributed by atoms with Crippen molar-refractivity contribution in [1.29, 1.82) is 0 Å². The first-order valence-electron chi connectivity index (χ1n) is 9.44. The van der Waals surface area contributed by atoms with Gasteiger partial charge in [-0.15, -0.1) is 0 Å². The third-order valence-corrected chi connectivity index (χ3v) is 4.55. The number of aromatic nitrogens is 2. The van der Waals surface area contributed by atoms with Crippen LogP contribution in [0.4, 0.5) is 21.6 Å². The normalized spacial score (nSPS) is 10.9. The van der Waals surface area contributed by atoms with Crippen molar-refractivity contribution in [3.8, 4) is 5.75 Å². The molecule has 0 aliphatic carbocycles. The predicted molar refractivity (Wildman–Crippen MR) is 118 cm³/mol. The molecule has 0 saturated carbocycles. The summed E-state index contributed by atoms with van der Waals surface area (Å²) in [4.78, 5) is 32.6. The largest absolute Gasteiger partial charge is 0.485 e. The Bertz CT molecular complexity index is 1160. The van der Waals surface area contributed by atoms with Crippen LogP contribution in [0, 0.1) is 15.9 Å². The third-order valence-electron chi connectivity index (χ3n) is 4.26. The number of hydrogen-bond acceptors (Lipinski definition) is 8. The van der Waals surface area contributed by atoms with E-state index >= 15 is 0 Å². The minimum atomic E-state index is -0.674. The quantitative estimate of drug-likeness (QED) is 0.282. The van der Waals surface area contributed by atoms with E-state index in [1.165, 1.54) is 30.6 Å². The number of halogens is 2. The fraction of sp³-hybridized carbons (Fsp3) is 0.250. The van der Waals surface area contributed by atoms with Crippen molar-refractivity contribution >= 4 is 45.6 Å². The Morgan fingerprint density at radius 3 is 2.81 bits per heavy atom. The summed E-state index contributed by atoms with van der Waals surface area (Å²) >= 11 is 5.81. The Morgan fingerprint density at radius 2 is 2.09 bits per heavy atom. The second-order valence-electron chi connectivity index (χ2n) is 6.98. The van der Waals surface area contributed by atoms with Gasteiger partial charge in [-0.05, 0) is 26.2 Å². The van der Waals surface area contributed by atoms with Gasteiger partial charge in [-0.1, -0.05) is 17.7 Å². The van der Waals surface area contributed by atoms with Gasteiger partial charge >= 0.3 is 5.69 Å². The van der Waals surface area contributed by atoms with Gasteiger partial charge in [0.2, 0.25) is 5.91 Å². The zero-order valence-electron chi connectivity index (χ0n) is 17.3. The number of fused-ring (bicyclic) bond motifs is 1. The van der Waals surface area contributed by atoms with Gasteiger partial charge in [-0.25, -0.2) is 14.4 Å². The standard InChI is InChI=1S/C20H20ClFN6O4/c1-27(2)10-18(29)23-6-7-32-17-9-15-12(8-16(17)28(30)31)20(25-11-24-15)26-14-5-3-4-13(21)19(14)22/h3-5,8-9,11H,6-7,10H2,1-2H3,(H,23,29)(H,24,25,26). The van der Waals surface area contributed by atoms with E-state index in [9.17, 15) is 19.3 Å². The number of anilines is 2. The second-order valence-corrected chi connectivity index (χ2v) is 7.39. The molecule has 0 aliphatic heterocycles. The molecule has 0 radical (unpaired) electrons. The van der Waals surface area contributed by atoms with E-state index < -0.39 is 10.7 Å². The molecule has 2 aromatic carbocycles. The van der Waals surface area contributed by atoms with Gasteiger partial charge < -0.3 is 20.3 Å². The summed E-state index contributed by atoms with van der Waals surface area (Å²) in [5.41, 5.74) is 0.0951. The first-order chi connectivity index (χ1) is 15.3. The summed E-state index contributed by atoms with van der Waals surface area (Å²) in [6.45, 7) is 0.415. The molecule has 168 valence electrons. The summed E-state index contributed by atoms with van der Waals surface area (Å²) in [5, 5.41) is 17.3. The van der Waals surface area contributed by atoms with E-state index in [1.807, 2.05) is 0 Å². The summed E-state index contributed by atoms with van der Waals surface area (Å²) in [7, 11) is 3.53. The van der Waals surface area contributed by atoms with Crippen LogP contribution in [0.5, 0.6) is 5.75 Å². The maximum absolute atomic E-state index is 14.3. The summed E-state index contributed by atoms with van der Waals surface area (Å²) in [6, 6.07) is 7.07. The van der Waals surface area contributed by atoms with Crippen molar-refractivity contribution in [2.24, 2.45) is 0 Å². The number of likely N-dealkylation sites (N-methyl/N-ethyl adjacent to an activating group) is 1. The Morgan fingerprint density at radius 1 is 1.31 bits per heavy atom. The van der Waals surface area contributed by atoms with Crippen LogP contribution in [0.1, 0.15) is 0 Å². The summed E-state index contributed by atoms with van der Waals surface area (Å²) in [6.07, 6.45) is 1.24. The van der Waals surface area contributed by atoms with Crippen LogP contribution in [-0.4, -0.2) is 59.5 Å². The van der Waals surface area contributed by atoms with Crippen molar-refractivity contribution < 1.29 is 18.8 Å². The highest BCUT2D eigenvalue weighted by Gasteiger charge is 2.20. The van der Waals surface area contributed by atoms with Gasteiger partial charge in [0.25, 0.3) is 0 Å². The molecular weight excluding hydrogens is 443 g/mol. The van der Waals surface area contributed by atoms with Gasteiger partial charge in [0.1, 0.15) is 18.8 Å². The second kappa shape index (κ2) is 10.2.